The Labute approximate surface area is 255 Å². The minimum absolute atomic E-state index is 0.0944. The number of hydrogen-bond donors (Lipinski definition) is 0. The van der Waals surface area contributed by atoms with Gasteiger partial charge in [-0.15, -0.1) is 0 Å². The highest BCUT2D eigenvalue weighted by molar-refractivity contribution is 5.92. The Kier molecular flexibility index (Phi) is 11.5. The summed E-state index contributed by atoms with van der Waals surface area (Å²) in [7, 11) is 3.01. The Morgan fingerprint density at radius 1 is 0.721 bits per heavy atom. The second kappa shape index (κ2) is 15.5. The molecule has 0 radical (unpaired) electrons. The minimum atomic E-state index is -0.532. The van der Waals surface area contributed by atoms with Crippen molar-refractivity contribution in [2.24, 2.45) is 5.92 Å². The van der Waals surface area contributed by atoms with Crippen molar-refractivity contribution in [3.05, 3.63) is 96.6 Å². The zero-order valence-electron chi connectivity index (χ0n) is 25.5. The predicted molar refractivity (Wildman–Crippen MR) is 170 cm³/mol. The van der Waals surface area contributed by atoms with Gasteiger partial charge in [-0.25, -0.2) is 9.59 Å². The van der Waals surface area contributed by atoms with Crippen LogP contribution >= 0.6 is 0 Å². The number of methoxy groups -OCH3 is 2. The number of esters is 2. The van der Waals surface area contributed by atoms with Gasteiger partial charge >= 0.3 is 11.9 Å². The van der Waals surface area contributed by atoms with Gasteiger partial charge in [0, 0.05) is 19.8 Å². The topological polar surface area (TPSA) is 71.1 Å². The highest BCUT2D eigenvalue weighted by Crippen LogP contribution is 2.40. The second-order valence-electron chi connectivity index (χ2n) is 11.2. The summed E-state index contributed by atoms with van der Waals surface area (Å²) < 4.78 is 21.2. The van der Waals surface area contributed by atoms with E-state index in [0.717, 1.165) is 28.2 Å². The third-order valence-electron chi connectivity index (χ3n) is 8.03. The first kappa shape index (κ1) is 31.9. The van der Waals surface area contributed by atoms with E-state index in [1.807, 2.05) is 24.3 Å². The Bertz CT molecular complexity index is 1410. The molecule has 3 aromatic rings. The first-order valence-corrected chi connectivity index (χ1v) is 15.0. The van der Waals surface area contributed by atoms with Gasteiger partial charge in [-0.1, -0.05) is 75.4 Å². The van der Waals surface area contributed by atoms with Gasteiger partial charge in [0.25, 0.3) is 0 Å². The van der Waals surface area contributed by atoms with Gasteiger partial charge in [-0.2, -0.15) is 0 Å². The summed E-state index contributed by atoms with van der Waals surface area (Å²) in [5, 5.41) is 0. The third kappa shape index (κ3) is 8.53. The molecular formula is C37H42O6. The van der Waals surface area contributed by atoms with Gasteiger partial charge in [0.15, 0.2) is 0 Å². The van der Waals surface area contributed by atoms with Crippen molar-refractivity contribution >= 4 is 11.9 Å². The molecule has 0 amide bonds. The summed E-state index contributed by atoms with van der Waals surface area (Å²) >= 11 is 0. The summed E-state index contributed by atoms with van der Waals surface area (Å²) in [6, 6.07) is 21.6. The van der Waals surface area contributed by atoms with Crippen molar-refractivity contribution in [1.29, 1.82) is 0 Å². The lowest BCUT2D eigenvalue weighted by Crippen LogP contribution is -2.14. The van der Waals surface area contributed by atoms with E-state index in [2.05, 4.69) is 44.3 Å². The minimum Gasteiger partial charge on any atom is -0.423 e. The fourth-order valence-electron chi connectivity index (χ4n) is 5.68. The summed E-state index contributed by atoms with van der Waals surface area (Å²) in [5.74, 6) is 1.24. The van der Waals surface area contributed by atoms with Crippen molar-refractivity contribution in [1.82, 2.24) is 0 Å². The van der Waals surface area contributed by atoms with E-state index in [1.165, 1.54) is 58.3 Å². The average molecular weight is 583 g/mol. The number of benzene rings is 3. The SMILES string of the molecule is C=C(COC)C(=O)Oc1ccc(-c2ccc(OC(=O)C(=C)COC)c(-c3ccc(C4CCC(CCC)CC4)cc3)c2)cc1. The van der Waals surface area contributed by atoms with Crippen LogP contribution in [0.4, 0.5) is 0 Å². The molecule has 43 heavy (non-hydrogen) atoms. The van der Waals surface area contributed by atoms with Gasteiger partial charge in [0.2, 0.25) is 0 Å². The Hall–Kier alpha value is -4.00. The summed E-state index contributed by atoms with van der Waals surface area (Å²) in [6.07, 6.45) is 7.66. The molecule has 0 bridgehead atoms. The molecule has 3 aromatic carbocycles. The number of carbonyl (C=O) groups excluding carboxylic acids is 2. The molecule has 1 aliphatic rings. The zero-order valence-corrected chi connectivity index (χ0v) is 25.5. The molecule has 0 N–H and O–H groups in total. The Morgan fingerprint density at radius 3 is 1.86 bits per heavy atom. The third-order valence-corrected chi connectivity index (χ3v) is 8.03. The monoisotopic (exact) mass is 582 g/mol. The van der Waals surface area contributed by atoms with Gasteiger partial charge < -0.3 is 18.9 Å². The van der Waals surface area contributed by atoms with E-state index in [1.54, 1.807) is 18.2 Å². The maximum atomic E-state index is 12.7. The average Bonchev–Trinajstić information content (AvgIpc) is 3.02. The molecule has 226 valence electrons. The fourth-order valence-corrected chi connectivity index (χ4v) is 5.68. The number of rotatable bonds is 13. The number of ether oxygens (including phenoxy) is 4. The summed E-state index contributed by atoms with van der Waals surface area (Å²) in [5.41, 5.74) is 5.42. The summed E-state index contributed by atoms with van der Waals surface area (Å²) in [6.45, 7) is 9.95. The Morgan fingerprint density at radius 2 is 1.28 bits per heavy atom. The second-order valence-corrected chi connectivity index (χ2v) is 11.2. The standard InChI is InChI=1S/C37H42O6/c1-6-7-27-8-10-28(11-9-27)29-12-14-31(15-13-29)34-22-32(18-21-35(34)43-37(39)26(3)24-41-5)30-16-19-33(20-17-30)42-36(38)25(2)23-40-4/h12-22,27-28H,2-3,6-11,23-24H2,1,4-5H3. The first-order valence-electron chi connectivity index (χ1n) is 15.0. The van der Waals surface area contributed by atoms with Crippen LogP contribution in [0.2, 0.25) is 0 Å². The molecule has 4 rings (SSSR count). The predicted octanol–water partition coefficient (Wildman–Crippen LogP) is 8.31. The molecule has 6 heteroatoms. The van der Waals surface area contributed by atoms with E-state index < -0.39 is 11.9 Å². The number of carbonyl (C=O) groups is 2. The van der Waals surface area contributed by atoms with Crippen LogP contribution in [0.5, 0.6) is 11.5 Å². The normalized spacial score (nSPS) is 16.3. The zero-order chi connectivity index (χ0) is 30.8. The van der Waals surface area contributed by atoms with Crippen molar-refractivity contribution in [2.75, 3.05) is 27.4 Å². The maximum absolute atomic E-state index is 12.7. The van der Waals surface area contributed by atoms with Crippen molar-refractivity contribution in [2.45, 2.75) is 51.4 Å². The van der Waals surface area contributed by atoms with Gasteiger partial charge in [-0.3, -0.25) is 0 Å². The van der Waals surface area contributed by atoms with E-state index in [-0.39, 0.29) is 24.4 Å². The van der Waals surface area contributed by atoms with Crippen molar-refractivity contribution in [3.8, 4) is 33.8 Å². The van der Waals surface area contributed by atoms with Crippen LogP contribution in [0.1, 0.15) is 56.9 Å². The molecular weight excluding hydrogens is 540 g/mol. The number of hydrogen-bond acceptors (Lipinski definition) is 6. The van der Waals surface area contributed by atoms with E-state index in [0.29, 0.717) is 17.4 Å². The van der Waals surface area contributed by atoms with Crippen LogP contribution in [-0.4, -0.2) is 39.4 Å². The van der Waals surface area contributed by atoms with Crippen LogP contribution in [0.3, 0.4) is 0 Å². The fraction of sp³-hybridized carbons (Fsp3) is 0.351. The smallest absolute Gasteiger partial charge is 0.341 e. The van der Waals surface area contributed by atoms with E-state index in [9.17, 15) is 9.59 Å². The Balaban J connectivity index is 1.59. The molecule has 1 fully saturated rings. The largest absolute Gasteiger partial charge is 0.423 e. The molecule has 1 saturated carbocycles. The van der Waals surface area contributed by atoms with Gasteiger partial charge in [-0.05, 0) is 84.0 Å². The van der Waals surface area contributed by atoms with Crippen LogP contribution < -0.4 is 9.47 Å². The molecule has 0 atom stereocenters. The molecule has 6 nitrogen and oxygen atoms in total. The van der Waals surface area contributed by atoms with E-state index in [4.69, 9.17) is 18.9 Å². The lowest BCUT2D eigenvalue weighted by Gasteiger charge is -2.28. The first-order chi connectivity index (χ1) is 20.8. The molecule has 0 aromatic heterocycles. The molecule has 1 aliphatic carbocycles. The summed E-state index contributed by atoms with van der Waals surface area (Å²) in [4.78, 5) is 24.9. The van der Waals surface area contributed by atoms with Crippen LogP contribution in [-0.2, 0) is 19.1 Å². The highest BCUT2D eigenvalue weighted by Gasteiger charge is 2.22. The van der Waals surface area contributed by atoms with Crippen molar-refractivity contribution in [3.63, 3.8) is 0 Å². The van der Waals surface area contributed by atoms with Gasteiger partial charge in [0.1, 0.15) is 11.5 Å². The maximum Gasteiger partial charge on any atom is 0.341 e. The molecule has 0 heterocycles. The quantitative estimate of drug-likeness (QED) is 0.115. The van der Waals surface area contributed by atoms with E-state index >= 15 is 0 Å². The molecule has 0 spiro atoms. The lowest BCUT2D eigenvalue weighted by atomic mass is 9.77. The molecule has 0 saturated heterocycles. The van der Waals surface area contributed by atoms with Gasteiger partial charge in [0.05, 0.1) is 24.4 Å². The lowest BCUT2D eigenvalue weighted by molar-refractivity contribution is -0.131. The molecule has 0 aliphatic heterocycles. The van der Waals surface area contributed by atoms with Crippen molar-refractivity contribution < 1.29 is 28.5 Å². The van der Waals surface area contributed by atoms with Crippen LogP contribution in [0.25, 0.3) is 22.3 Å². The van der Waals surface area contributed by atoms with Crippen LogP contribution in [0, 0.1) is 5.92 Å². The van der Waals surface area contributed by atoms with Crippen LogP contribution in [0.15, 0.2) is 91.0 Å². The highest BCUT2D eigenvalue weighted by atomic mass is 16.5. The molecule has 0 unspecified atom stereocenters.